The number of benzene rings is 1. The van der Waals surface area contributed by atoms with Crippen LogP contribution < -0.4 is 10.1 Å². The highest BCUT2D eigenvalue weighted by molar-refractivity contribution is 8.01. The molecule has 2 aromatic rings. The number of aliphatic carboxylic acids is 1. The minimum atomic E-state index is -0.839. The molecule has 0 radical (unpaired) electrons. The highest BCUT2D eigenvalue weighted by Crippen LogP contribution is 2.34. The molecule has 33 heavy (non-hydrogen) atoms. The number of carbonyl (C=O) groups excluding carboxylic acids is 1. The van der Waals surface area contributed by atoms with Crippen LogP contribution in [0.2, 0.25) is 0 Å². The van der Waals surface area contributed by atoms with Crippen molar-refractivity contribution in [2.24, 2.45) is 0 Å². The van der Waals surface area contributed by atoms with E-state index in [0.717, 1.165) is 53.5 Å². The number of para-hydroxylation sites is 1. The number of carboxylic acid groups (broad SMARTS) is 1. The van der Waals surface area contributed by atoms with Crippen LogP contribution in [0.4, 0.5) is 9.80 Å². The molecule has 1 aromatic heterocycles. The molecule has 2 aliphatic rings. The number of rotatable bonds is 8. The summed E-state index contributed by atoms with van der Waals surface area (Å²) < 4.78 is 7.06. The van der Waals surface area contributed by atoms with Gasteiger partial charge in [0.15, 0.2) is 0 Å². The summed E-state index contributed by atoms with van der Waals surface area (Å²) in [6.07, 6.45) is 9.74. The molecule has 1 aromatic carbocycles. The number of thioether (sulfide) groups is 1. The van der Waals surface area contributed by atoms with Gasteiger partial charge in [-0.15, -0.1) is 23.1 Å². The molecule has 178 valence electrons. The van der Waals surface area contributed by atoms with Gasteiger partial charge in [-0.3, -0.25) is 10.1 Å². The standard InChI is InChI=1S/C25H32N2O4S2/c28-23(29)17-32-24-16-15-22(33-24)26-25(30)27(18-7-3-1-4-8-18)19-11-13-21(14-12-19)31-20-9-5-2-6-10-20/h2,5-6,9-10,15-16,18-19,21H,1,3-4,7-8,11-14,17H2,(H,26,30)(H,28,29). The molecule has 2 saturated carbocycles. The number of amides is 2. The summed E-state index contributed by atoms with van der Waals surface area (Å²) in [6, 6.07) is 14.2. The second-order valence-electron chi connectivity index (χ2n) is 8.79. The van der Waals surface area contributed by atoms with Crippen molar-refractivity contribution in [1.82, 2.24) is 4.90 Å². The number of hydrogen-bond donors (Lipinski definition) is 2. The smallest absolute Gasteiger partial charge is 0.322 e. The van der Waals surface area contributed by atoms with Crippen molar-refractivity contribution in [3.05, 3.63) is 42.5 Å². The number of hydrogen-bond acceptors (Lipinski definition) is 5. The Labute approximate surface area is 203 Å². The van der Waals surface area contributed by atoms with Crippen LogP contribution in [-0.2, 0) is 4.79 Å². The van der Waals surface area contributed by atoms with Crippen molar-refractivity contribution in [3.63, 3.8) is 0 Å². The Balaban J connectivity index is 1.38. The van der Waals surface area contributed by atoms with Gasteiger partial charge in [0.25, 0.3) is 0 Å². The minimum absolute atomic E-state index is 0.0223. The number of thiophene rings is 1. The molecule has 8 heteroatoms. The maximum Gasteiger partial charge on any atom is 0.322 e. The zero-order valence-corrected chi connectivity index (χ0v) is 20.4. The molecule has 2 fully saturated rings. The Bertz CT molecular complexity index is 906. The maximum atomic E-state index is 13.4. The van der Waals surface area contributed by atoms with E-state index in [1.54, 1.807) is 0 Å². The van der Waals surface area contributed by atoms with Gasteiger partial charge >= 0.3 is 12.0 Å². The van der Waals surface area contributed by atoms with Gasteiger partial charge in [0.2, 0.25) is 0 Å². The lowest BCUT2D eigenvalue weighted by Gasteiger charge is -2.42. The van der Waals surface area contributed by atoms with E-state index < -0.39 is 5.97 Å². The summed E-state index contributed by atoms with van der Waals surface area (Å²) in [5.41, 5.74) is 0. The quantitative estimate of drug-likeness (QED) is 0.416. The summed E-state index contributed by atoms with van der Waals surface area (Å²) in [7, 11) is 0. The molecule has 0 spiro atoms. The topological polar surface area (TPSA) is 78.9 Å². The van der Waals surface area contributed by atoms with Crippen molar-refractivity contribution in [2.45, 2.75) is 80.2 Å². The maximum absolute atomic E-state index is 13.4. The molecule has 1 heterocycles. The Morgan fingerprint density at radius 1 is 0.970 bits per heavy atom. The molecular weight excluding hydrogens is 456 g/mol. The lowest BCUT2D eigenvalue weighted by atomic mass is 9.88. The first-order valence-electron chi connectivity index (χ1n) is 11.8. The third-order valence-corrected chi connectivity index (χ3v) is 8.65. The Morgan fingerprint density at radius 2 is 1.67 bits per heavy atom. The number of carboxylic acids is 1. The lowest BCUT2D eigenvalue weighted by molar-refractivity contribution is -0.133. The Morgan fingerprint density at radius 3 is 2.36 bits per heavy atom. The van der Waals surface area contributed by atoms with Crippen LogP contribution in [0, 0.1) is 0 Å². The number of urea groups is 1. The van der Waals surface area contributed by atoms with Crippen LogP contribution in [0.25, 0.3) is 0 Å². The average molecular weight is 489 g/mol. The minimum Gasteiger partial charge on any atom is -0.490 e. The largest absolute Gasteiger partial charge is 0.490 e. The lowest BCUT2D eigenvalue weighted by Crippen LogP contribution is -2.51. The monoisotopic (exact) mass is 488 g/mol. The third kappa shape index (κ3) is 6.90. The van der Waals surface area contributed by atoms with Crippen LogP contribution in [-0.4, -0.2) is 45.9 Å². The van der Waals surface area contributed by atoms with E-state index in [1.165, 1.54) is 42.4 Å². The molecule has 0 atom stereocenters. The first kappa shape index (κ1) is 24.0. The highest BCUT2D eigenvalue weighted by atomic mass is 32.2. The predicted octanol–water partition coefficient (Wildman–Crippen LogP) is 6.48. The normalized spacial score (nSPS) is 21.3. The van der Waals surface area contributed by atoms with Gasteiger partial charge in [0, 0.05) is 12.1 Å². The van der Waals surface area contributed by atoms with Crippen molar-refractivity contribution >= 4 is 40.1 Å². The third-order valence-electron chi connectivity index (χ3n) is 6.44. The SMILES string of the molecule is O=C(O)CSc1ccc(NC(=O)N(C2CCCCC2)C2CCC(Oc3ccccc3)CC2)s1. The van der Waals surface area contributed by atoms with E-state index in [4.69, 9.17) is 9.84 Å². The molecule has 4 rings (SSSR count). The predicted molar refractivity (Wildman–Crippen MR) is 134 cm³/mol. The number of carbonyl (C=O) groups is 2. The molecule has 2 N–H and O–H groups in total. The van der Waals surface area contributed by atoms with E-state index in [1.807, 2.05) is 42.5 Å². The van der Waals surface area contributed by atoms with Gasteiger partial charge in [-0.1, -0.05) is 37.5 Å². The summed E-state index contributed by atoms with van der Waals surface area (Å²) in [4.78, 5) is 26.4. The van der Waals surface area contributed by atoms with Gasteiger partial charge in [-0.2, -0.15) is 0 Å². The fourth-order valence-electron chi connectivity index (χ4n) is 4.89. The molecule has 0 saturated heterocycles. The molecule has 6 nitrogen and oxygen atoms in total. The van der Waals surface area contributed by atoms with Crippen LogP contribution in [0.3, 0.4) is 0 Å². The summed E-state index contributed by atoms with van der Waals surface area (Å²) >= 11 is 2.72. The molecule has 0 aliphatic heterocycles. The van der Waals surface area contributed by atoms with E-state index in [2.05, 4.69) is 10.2 Å². The zero-order chi connectivity index (χ0) is 23.0. The number of ether oxygens (including phenoxy) is 1. The molecule has 0 unspecified atom stereocenters. The van der Waals surface area contributed by atoms with Crippen LogP contribution in [0.1, 0.15) is 57.8 Å². The summed E-state index contributed by atoms with van der Waals surface area (Å²) in [5, 5.41) is 12.8. The van der Waals surface area contributed by atoms with Crippen LogP contribution >= 0.6 is 23.1 Å². The Hall–Kier alpha value is -2.19. The van der Waals surface area contributed by atoms with Crippen LogP contribution in [0.5, 0.6) is 5.75 Å². The fourth-order valence-corrected chi connectivity index (χ4v) is 6.63. The second kappa shape index (κ2) is 11.8. The van der Waals surface area contributed by atoms with Crippen molar-refractivity contribution in [1.29, 1.82) is 0 Å². The van der Waals surface area contributed by atoms with Gasteiger partial charge in [0.1, 0.15) is 5.75 Å². The first-order chi connectivity index (χ1) is 16.1. The average Bonchev–Trinajstić information content (AvgIpc) is 3.27. The molecular formula is C25H32N2O4S2. The number of nitrogens with zero attached hydrogens (tertiary/aromatic N) is 1. The van der Waals surface area contributed by atoms with E-state index in [9.17, 15) is 9.59 Å². The van der Waals surface area contributed by atoms with E-state index in [-0.39, 0.29) is 30.0 Å². The fraction of sp³-hybridized carbons (Fsp3) is 0.520. The molecule has 2 aliphatic carbocycles. The molecule has 2 amide bonds. The summed E-state index contributed by atoms with van der Waals surface area (Å²) in [6.45, 7) is 0. The first-order valence-corrected chi connectivity index (χ1v) is 13.6. The van der Waals surface area contributed by atoms with E-state index in [0.29, 0.717) is 0 Å². The number of anilines is 1. The van der Waals surface area contributed by atoms with E-state index >= 15 is 0 Å². The zero-order valence-electron chi connectivity index (χ0n) is 18.8. The Kier molecular flexibility index (Phi) is 8.56. The second-order valence-corrected chi connectivity index (χ2v) is 11.2. The molecule has 0 bridgehead atoms. The van der Waals surface area contributed by atoms with Crippen LogP contribution in [0.15, 0.2) is 46.7 Å². The highest BCUT2D eigenvalue weighted by Gasteiger charge is 2.35. The summed E-state index contributed by atoms with van der Waals surface area (Å²) in [5.74, 6) is 0.0996. The van der Waals surface area contributed by atoms with Gasteiger partial charge in [0.05, 0.1) is 21.1 Å². The number of nitrogens with one attached hydrogen (secondary N) is 1. The van der Waals surface area contributed by atoms with Gasteiger partial charge in [-0.25, -0.2) is 4.79 Å². The van der Waals surface area contributed by atoms with Crippen molar-refractivity contribution in [3.8, 4) is 5.75 Å². The van der Waals surface area contributed by atoms with Gasteiger partial charge in [-0.05, 0) is 62.8 Å². The van der Waals surface area contributed by atoms with Crippen molar-refractivity contribution in [2.75, 3.05) is 11.1 Å². The van der Waals surface area contributed by atoms with Gasteiger partial charge < -0.3 is 14.7 Å². The van der Waals surface area contributed by atoms with Crippen molar-refractivity contribution < 1.29 is 19.4 Å².